The Kier molecular flexibility index (Phi) is 3.77. The van der Waals surface area contributed by atoms with E-state index in [1.165, 1.54) is 0 Å². The van der Waals surface area contributed by atoms with Crippen LogP contribution < -0.4 is 10.6 Å². The molecule has 1 aliphatic heterocycles. The van der Waals surface area contributed by atoms with E-state index in [0.29, 0.717) is 5.92 Å². The van der Waals surface area contributed by atoms with Crippen LogP contribution in [0.4, 0.5) is 5.95 Å². The lowest BCUT2D eigenvalue weighted by molar-refractivity contribution is 0.411. The fourth-order valence-corrected chi connectivity index (χ4v) is 2.14. The largest absolute Gasteiger partial charge is 0.340 e. The molecule has 1 aromatic heterocycles. The Morgan fingerprint density at radius 2 is 2.19 bits per heavy atom. The van der Waals surface area contributed by atoms with Crippen LogP contribution in [-0.2, 0) is 6.42 Å². The van der Waals surface area contributed by atoms with Crippen molar-refractivity contribution >= 4 is 5.95 Å². The van der Waals surface area contributed by atoms with Crippen molar-refractivity contribution in [1.29, 1.82) is 0 Å². The third-order valence-electron chi connectivity index (χ3n) is 3.24. The molecule has 1 aliphatic rings. The van der Waals surface area contributed by atoms with Gasteiger partial charge in [-0.25, -0.2) is 0 Å². The number of nitrogens with one attached hydrogen (secondary N) is 1. The van der Waals surface area contributed by atoms with E-state index in [4.69, 9.17) is 5.73 Å². The number of nitrogens with two attached hydrogens (primary N) is 1. The van der Waals surface area contributed by atoms with Crippen molar-refractivity contribution in [2.45, 2.75) is 32.6 Å². The second-order valence-corrected chi connectivity index (χ2v) is 4.50. The molecule has 0 unspecified atom stereocenters. The topological polar surface area (TPSA) is 70.8 Å². The van der Waals surface area contributed by atoms with Gasteiger partial charge >= 0.3 is 0 Å². The molecule has 1 fully saturated rings. The van der Waals surface area contributed by atoms with Crippen LogP contribution in [0.1, 0.15) is 32.0 Å². The molecule has 0 bridgehead atoms. The van der Waals surface area contributed by atoms with Gasteiger partial charge in [0.25, 0.3) is 0 Å². The first kappa shape index (κ1) is 11.4. The van der Waals surface area contributed by atoms with E-state index in [0.717, 1.165) is 57.1 Å². The minimum absolute atomic E-state index is 0.685. The van der Waals surface area contributed by atoms with Crippen LogP contribution in [0.3, 0.4) is 0 Å². The lowest BCUT2D eigenvalue weighted by Crippen LogP contribution is -2.36. The molecule has 1 aromatic rings. The van der Waals surface area contributed by atoms with Crippen molar-refractivity contribution in [3.63, 3.8) is 0 Å². The van der Waals surface area contributed by atoms with Crippen LogP contribution in [0.2, 0.25) is 0 Å². The Bertz CT molecular complexity index is 314. The van der Waals surface area contributed by atoms with E-state index < -0.39 is 0 Å². The molecule has 0 amide bonds. The lowest BCUT2D eigenvalue weighted by Gasteiger charge is -2.30. The molecule has 0 aliphatic carbocycles. The van der Waals surface area contributed by atoms with Crippen molar-refractivity contribution in [3.8, 4) is 0 Å². The summed E-state index contributed by atoms with van der Waals surface area (Å²) in [6.45, 7) is 5.02. The summed E-state index contributed by atoms with van der Waals surface area (Å²) in [5.41, 5.74) is 5.68. The molecule has 1 saturated heterocycles. The van der Waals surface area contributed by atoms with Crippen LogP contribution in [-0.4, -0.2) is 34.8 Å². The van der Waals surface area contributed by atoms with Crippen LogP contribution in [0.15, 0.2) is 0 Å². The van der Waals surface area contributed by atoms with E-state index in [2.05, 4.69) is 27.0 Å². The van der Waals surface area contributed by atoms with Crippen molar-refractivity contribution in [3.05, 3.63) is 5.82 Å². The average molecular weight is 223 g/mol. The summed E-state index contributed by atoms with van der Waals surface area (Å²) < 4.78 is 0. The minimum Gasteiger partial charge on any atom is -0.340 e. The van der Waals surface area contributed by atoms with Gasteiger partial charge in [0.05, 0.1) is 0 Å². The minimum atomic E-state index is 0.685. The monoisotopic (exact) mass is 223 g/mol. The number of H-pyrrole nitrogens is 1. The molecule has 3 N–H and O–H groups in total. The molecule has 0 saturated carbocycles. The second-order valence-electron chi connectivity index (χ2n) is 4.50. The van der Waals surface area contributed by atoms with Crippen LogP contribution in [0.25, 0.3) is 0 Å². The summed E-state index contributed by atoms with van der Waals surface area (Å²) >= 11 is 0. The van der Waals surface area contributed by atoms with E-state index in [-0.39, 0.29) is 0 Å². The SMILES string of the molecule is CCCc1nc(N2CCC(CN)CC2)n[nH]1. The first-order valence-electron chi connectivity index (χ1n) is 6.19. The van der Waals surface area contributed by atoms with Gasteiger partial charge in [0.1, 0.15) is 5.82 Å². The zero-order valence-electron chi connectivity index (χ0n) is 9.95. The van der Waals surface area contributed by atoms with Gasteiger partial charge in [0.2, 0.25) is 5.95 Å². The van der Waals surface area contributed by atoms with Gasteiger partial charge in [0, 0.05) is 19.5 Å². The van der Waals surface area contributed by atoms with Gasteiger partial charge in [0.15, 0.2) is 0 Å². The van der Waals surface area contributed by atoms with Crippen LogP contribution >= 0.6 is 0 Å². The fourth-order valence-electron chi connectivity index (χ4n) is 2.14. The first-order valence-corrected chi connectivity index (χ1v) is 6.19. The molecular formula is C11H21N5. The number of hydrogen-bond acceptors (Lipinski definition) is 4. The quantitative estimate of drug-likeness (QED) is 0.796. The van der Waals surface area contributed by atoms with E-state index in [9.17, 15) is 0 Å². The summed E-state index contributed by atoms with van der Waals surface area (Å²) in [6, 6.07) is 0. The Morgan fingerprint density at radius 3 is 2.81 bits per heavy atom. The normalized spacial score (nSPS) is 18.0. The zero-order valence-corrected chi connectivity index (χ0v) is 9.95. The number of anilines is 1. The average Bonchev–Trinajstić information content (AvgIpc) is 2.78. The summed E-state index contributed by atoms with van der Waals surface area (Å²) in [4.78, 5) is 6.75. The highest BCUT2D eigenvalue weighted by molar-refractivity contribution is 5.29. The predicted molar refractivity (Wildman–Crippen MR) is 64.4 cm³/mol. The maximum Gasteiger partial charge on any atom is 0.244 e. The molecular weight excluding hydrogens is 202 g/mol. The maximum atomic E-state index is 5.68. The number of piperidine rings is 1. The van der Waals surface area contributed by atoms with Crippen LogP contribution in [0, 0.1) is 5.92 Å². The Balaban J connectivity index is 1.92. The summed E-state index contributed by atoms with van der Waals surface area (Å²) in [7, 11) is 0. The molecule has 5 heteroatoms. The number of hydrogen-bond donors (Lipinski definition) is 2. The van der Waals surface area contributed by atoms with Gasteiger partial charge < -0.3 is 10.6 Å². The van der Waals surface area contributed by atoms with Crippen LogP contribution in [0.5, 0.6) is 0 Å². The zero-order chi connectivity index (χ0) is 11.4. The van der Waals surface area contributed by atoms with Crippen molar-refractivity contribution in [2.75, 3.05) is 24.5 Å². The van der Waals surface area contributed by atoms with E-state index >= 15 is 0 Å². The molecule has 0 aromatic carbocycles. The van der Waals surface area contributed by atoms with Gasteiger partial charge in [-0.3, -0.25) is 5.10 Å². The Labute approximate surface area is 96.4 Å². The smallest absolute Gasteiger partial charge is 0.244 e. The molecule has 0 spiro atoms. The number of aryl methyl sites for hydroxylation is 1. The number of aromatic nitrogens is 3. The lowest BCUT2D eigenvalue weighted by atomic mass is 9.97. The van der Waals surface area contributed by atoms with Gasteiger partial charge in [-0.15, -0.1) is 5.10 Å². The molecule has 16 heavy (non-hydrogen) atoms. The highest BCUT2D eigenvalue weighted by atomic mass is 15.4. The van der Waals surface area contributed by atoms with Crippen molar-refractivity contribution in [1.82, 2.24) is 15.2 Å². The number of nitrogens with zero attached hydrogens (tertiary/aromatic N) is 3. The Hall–Kier alpha value is -1.10. The molecule has 90 valence electrons. The van der Waals surface area contributed by atoms with Gasteiger partial charge in [-0.05, 0) is 31.7 Å². The highest BCUT2D eigenvalue weighted by Crippen LogP contribution is 2.19. The van der Waals surface area contributed by atoms with Gasteiger partial charge in [-0.1, -0.05) is 6.92 Å². The standard InChI is InChI=1S/C11H21N5/c1-2-3-10-13-11(15-14-10)16-6-4-9(8-12)5-7-16/h9H,2-8,12H2,1H3,(H,13,14,15). The van der Waals surface area contributed by atoms with Crippen molar-refractivity contribution in [2.24, 2.45) is 11.7 Å². The second kappa shape index (κ2) is 5.30. The molecule has 0 radical (unpaired) electrons. The molecule has 2 heterocycles. The highest BCUT2D eigenvalue weighted by Gasteiger charge is 2.20. The van der Waals surface area contributed by atoms with E-state index in [1.54, 1.807) is 0 Å². The third-order valence-corrected chi connectivity index (χ3v) is 3.24. The predicted octanol–water partition coefficient (Wildman–Crippen LogP) is 0.932. The van der Waals surface area contributed by atoms with E-state index in [1.807, 2.05) is 0 Å². The fraction of sp³-hybridized carbons (Fsp3) is 0.818. The summed E-state index contributed by atoms with van der Waals surface area (Å²) in [6.07, 6.45) is 4.40. The maximum absolute atomic E-state index is 5.68. The molecule has 5 nitrogen and oxygen atoms in total. The van der Waals surface area contributed by atoms with Gasteiger partial charge in [-0.2, -0.15) is 4.98 Å². The first-order chi connectivity index (χ1) is 7.83. The Morgan fingerprint density at radius 1 is 1.44 bits per heavy atom. The molecule has 2 rings (SSSR count). The molecule has 0 atom stereocenters. The van der Waals surface area contributed by atoms with Crippen molar-refractivity contribution < 1.29 is 0 Å². The number of rotatable bonds is 4. The third kappa shape index (κ3) is 2.52. The number of aromatic amines is 1. The summed E-state index contributed by atoms with van der Waals surface area (Å²) in [5.74, 6) is 2.54. The summed E-state index contributed by atoms with van der Waals surface area (Å²) in [5, 5.41) is 7.27.